The zero-order valence-corrected chi connectivity index (χ0v) is 28.1. The Morgan fingerprint density at radius 2 is 1.81 bits per heavy atom. The maximum Gasteiger partial charge on any atom is 0.303 e. The molecule has 3 aromatic carbocycles. The fourth-order valence-corrected chi connectivity index (χ4v) is 7.09. The molecule has 1 aliphatic rings. The summed E-state index contributed by atoms with van der Waals surface area (Å²) in [7, 11) is 0. The first-order chi connectivity index (χ1) is 19.6. The predicted molar refractivity (Wildman–Crippen MR) is 177 cm³/mol. The number of hydrogen-bond acceptors (Lipinski definition) is 4. The number of nitrogens with zero attached hydrogens (tertiary/aromatic N) is 1. The molecule has 1 heterocycles. The Hall–Kier alpha value is -2.12. The van der Waals surface area contributed by atoms with Crippen LogP contribution in [0.1, 0.15) is 72.7 Å². The molecule has 4 aromatic rings. The van der Waals surface area contributed by atoms with Crippen molar-refractivity contribution in [3.63, 3.8) is 0 Å². The maximum absolute atomic E-state index is 11.5. The van der Waals surface area contributed by atoms with E-state index in [0.29, 0.717) is 5.02 Å². The molecule has 1 radical (unpaired) electrons. The van der Waals surface area contributed by atoms with Gasteiger partial charge in [0.1, 0.15) is 0 Å². The first-order valence-electron chi connectivity index (χ1n) is 14.1. The molecule has 1 aliphatic carbocycles. The van der Waals surface area contributed by atoms with E-state index in [4.69, 9.17) is 16.6 Å². The van der Waals surface area contributed by atoms with Crippen LogP contribution < -0.4 is 0 Å². The van der Waals surface area contributed by atoms with E-state index in [2.05, 4.69) is 42.5 Å². The first kappa shape index (κ1) is 32.8. The topological polar surface area (TPSA) is 70.4 Å². The number of carboxylic acids is 1. The molecule has 0 saturated heterocycles. The van der Waals surface area contributed by atoms with Gasteiger partial charge in [-0.15, -0.1) is 0 Å². The summed E-state index contributed by atoms with van der Waals surface area (Å²) < 4.78 is 0. The van der Waals surface area contributed by atoms with Crippen LogP contribution in [0.3, 0.4) is 0 Å². The zero-order valence-electron chi connectivity index (χ0n) is 24.5. The van der Waals surface area contributed by atoms with Crippen molar-refractivity contribution in [3.8, 4) is 0 Å². The molecule has 0 aliphatic heterocycles. The van der Waals surface area contributed by atoms with Gasteiger partial charge in [0.05, 0.1) is 23.2 Å². The Kier molecular flexibility index (Phi) is 11.0. The van der Waals surface area contributed by atoms with E-state index < -0.39 is 11.6 Å². The van der Waals surface area contributed by atoms with Crippen LogP contribution in [0.15, 0.2) is 78.9 Å². The second-order valence-corrected chi connectivity index (χ2v) is 13.3. The minimum atomic E-state index is -0.911. The van der Waals surface area contributed by atoms with Crippen LogP contribution in [0.4, 0.5) is 0 Å². The molecule has 0 bridgehead atoms. The number of hydrogen-bond donors (Lipinski definition) is 2. The van der Waals surface area contributed by atoms with Gasteiger partial charge in [-0.1, -0.05) is 78.3 Å². The maximum atomic E-state index is 11.5. The summed E-state index contributed by atoms with van der Waals surface area (Å²) >= 11 is 8.04. The van der Waals surface area contributed by atoms with Crippen molar-refractivity contribution in [2.24, 2.45) is 5.41 Å². The standard InChI is InChI=1S/C35H36ClNO3S.Na/c1-34(2,40)30-9-4-3-7-25(30)13-17-32(41-23-35(18-19-35)22-33(38)39)27-8-5-6-24(20-27)10-15-29-16-12-26-11-14-28(36)21-31(26)37-29;/h3-12,14-16,20-21,32,40H,13,17-19,22-23H2,1-2H3,(H,38,39);/t32-;/m1./s1. The fraction of sp³-hybridized carbons (Fsp3) is 0.314. The van der Waals surface area contributed by atoms with E-state index in [9.17, 15) is 15.0 Å². The number of aryl methyl sites for hydroxylation is 1. The average Bonchev–Trinajstić information content (AvgIpc) is 3.70. The molecule has 4 nitrogen and oxygen atoms in total. The van der Waals surface area contributed by atoms with Crippen molar-refractivity contribution < 1.29 is 15.0 Å². The molecule has 5 rings (SSSR count). The first-order valence-corrected chi connectivity index (χ1v) is 15.5. The van der Waals surface area contributed by atoms with Gasteiger partial charge in [0.25, 0.3) is 0 Å². The number of fused-ring (bicyclic) bond motifs is 1. The van der Waals surface area contributed by atoms with Crippen molar-refractivity contribution in [2.75, 3.05) is 5.75 Å². The summed E-state index contributed by atoms with van der Waals surface area (Å²) in [6.45, 7) is 3.66. The number of thioether (sulfide) groups is 1. The number of aliphatic carboxylic acids is 1. The average molecular weight is 609 g/mol. The van der Waals surface area contributed by atoms with Gasteiger partial charge < -0.3 is 10.2 Å². The van der Waals surface area contributed by atoms with Crippen LogP contribution in [-0.4, -0.2) is 56.5 Å². The molecule has 1 atom stereocenters. The van der Waals surface area contributed by atoms with E-state index >= 15 is 0 Å². The minimum Gasteiger partial charge on any atom is -0.481 e. The number of halogens is 1. The Morgan fingerprint density at radius 3 is 2.55 bits per heavy atom. The van der Waals surface area contributed by atoms with Gasteiger partial charge in [-0.2, -0.15) is 11.8 Å². The summed E-state index contributed by atoms with van der Waals surface area (Å²) in [6, 6.07) is 26.5. The quantitative estimate of drug-likeness (QED) is 0.158. The van der Waals surface area contributed by atoms with Gasteiger partial charge in [-0.3, -0.25) is 4.79 Å². The van der Waals surface area contributed by atoms with Crippen LogP contribution in [-0.2, 0) is 16.8 Å². The zero-order chi connectivity index (χ0) is 29.0. The molecule has 0 spiro atoms. The number of aromatic nitrogens is 1. The van der Waals surface area contributed by atoms with Crippen LogP contribution in [0, 0.1) is 5.41 Å². The second-order valence-electron chi connectivity index (χ2n) is 11.7. The summed E-state index contributed by atoms with van der Waals surface area (Å²) in [5.41, 5.74) is 5.15. The Balaban J connectivity index is 0.00000405. The van der Waals surface area contributed by atoms with E-state index in [-0.39, 0.29) is 46.6 Å². The van der Waals surface area contributed by atoms with Crippen molar-refractivity contribution in [3.05, 3.63) is 112 Å². The summed E-state index contributed by atoms with van der Waals surface area (Å²) in [5.74, 6) is 0.122. The molecule has 0 unspecified atom stereocenters. The van der Waals surface area contributed by atoms with Crippen LogP contribution in [0.5, 0.6) is 0 Å². The normalized spacial score (nSPS) is 15.0. The molecule has 1 fully saturated rings. The van der Waals surface area contributed by atoms with Gasteiger partial charge in [-0.25, -0.2) is 4.98 Å². The number of aliphatic hydroxyl groups is 1. The van der Waals surface area contributed by atoms with Crippen molar-refractivity contribution in [1.29, 1.82) is 0 Å². The molecular formula is C35H36ClNNaO3S. The van der Waals surface area contributed by atoms with Crippen molar-refractivity contribution in [1.82, 2.24) is 4.98 Å². The third-order valence-corrected chi connectivity index (χ3v) is 9.76. The number of rotatable bonds is 12. The van der Waals surface area contributed by atoms with E-state index in [1.54, 1.807) is 0 Å². The van der Waals surface area contributed by atoms with Gasteiger partial charge >= 0.3 is 5.97 Å². The van der Waals surface area contributed by atoms with Crippen LogP contribution >= 0.6 is 23.4 Å². The molecule has 1 aromatic heterocycles. The van der Waals surface area contributed by atoms with Crippen LogP contribution in [0.2, 0.25) is 5.02 Å². The van der Waals surface area contributed by atoms with Gasteiger partial charge in [0, 0.05) is 51.0 Å². The molecule has 42 heavy (non-hydrogen) atoms. The van der Waals surface area contributed by atoms with E-state index in [1.807, 2.05) is 74.1 Å². The Morgan fingerprint density at radius 1 is 1.05 bits per heavy atom. The number of pyridine rings is 1. The molecule has 2 N–H and O–H groups in total. The Labute approximate surface area is 279 Å². The number of carbonyl (C=O) groups is 1. The smallest absolute Gasteiger partial charge is 0.303 e. The SMILES string of the molecule is CC(C)(O)c1ccccc1CC[C@@H](SCC1(CC(=O)O)CC1)c1cccc(C=Cc2ccc3ccc(Cl)cc3n2)c1.[Na]. The predicted octanol–water partition coefficient (Wildman–Crippen LogP) is 8.57. The molecule has 1 saturated carbocycles. The van der Waals surface area contributed by atoms with Crippen LogP contribution in [0.25, 0.3) is 23.1 Å². The fourth-order valence-electron chi connectivity index (χ4n) is 5.36. The van der Waals surface area contributed by atoms with Gasteiger partial charge in [0.15, 0.2) is 0 Å². The second kappa shape index (κ2) is 14.1. The largest absolute Gasteiger partial charge is 0.481 e. The monoisotopic (exact) mass is 608 g/mol. The third kappa shape index (κ3) is 8.72. The summed E-state index contributed by atoms with van der Waals surface area (Å²) in [4.78, 5) is 16.2. The number of carboxylic acid groups (broad SMARTS) is 1. The molecule has 0 amide bonds. The van der Waals surface area contributed by atoms with Gasteiger partial charge in [0.2, 0.25) is 0 Å². The van der Waals surface area contributed by atoms with Crippen molar-refractivity contribution in [2.45, 2.75) is 56.8 Å². The Bertz CT molecular complexity index is 1580. The third-order valence-electron chi connectivity index (χ3n) is 7.83. The van der Waals surface area contributed by atoms with E-state index in [1.165, 1.54) is 5.56 Å². The van der Waals surface area contributed by atoms with Crippen molar-refractivity contribution >= 4 is 81.9 Å². The van der Waals surface area contributed by atoms with E-state index in [0.717, 1.165) is 64.7 Å². The molecule has 7 heteroatoms. The minimum absolute atomic E-state index is 0. The molecular weight excluding hydrogens is 573 g/mol. The summed E-state index contributed by atoms with van der Waals surface area (Å²) in [6.07, 6.45) is 8.02. The van der Waals surface area contributed by atoms with Gasteiger partial charge in [-0.05, 0) is 91.5 Å². The molecule has 213 valence electrons. The summed E-state index contributed by atoms with van der Waals surface area (Å²) in [5, 5.41) is 22.1. The number of benzene rings is 3.